The van der Waals surface area contributed by atoms with E-state index in [-0.39, 0.29) is 49.0 Å². The Morgan fingerprint density at radius 3 is 2.75 bits per heavy atom. The minimum absolute atomic E-state index is 0.0160. The topological polar surface area (TPSA) is 105 Å². The van der Waals surface area contributed by atoms with Crippen LogP contribution in [0.2, 0.25) is 0 Å². The number of amides is 2. The minimum Gasteiger partial charge on any atom is -0.490 e. The molecule has 28 heavy (non-hydrogen) atoms. The number of carbonyl (C=O) groups is 3. The number of nitrogens with one attached hydrogen (secondary N) is 1. The van der Waals surface area contributed by atoms with Crippen LogP contribution < -0.4 is 10.1 Å². The van der Waals surface area contributed by atoms with E-state index in [2.05, 4.69) is 5.32 Å². The Morgan fingerprint density at radius 1 is 1.25 bits per heavy atom. The molecule has 8 nitrogen and oxygen atoms in total. The maximum absolute atomic E-state index is 13.1. The summed E-state index contributed by atoms with van der Waals surface area (Å²) in [4.78, 5) is 37.7. The molecule has 0 spiro atoms. The lowest BCUT2D eigenvalue weighted by Gasteiger charge is -2.42. The lowest BCUT2D eigenvalue weighted by Crippen LogP contribution is -2.53. The molecule has 2 amide bonds. The highest BCUT2D eigenvalue weighted by molar-refractivity contribution is 6.00. The Hall–Kier alpha value is -2.61. The number of nitrogens with zero attached hydrogens (tertiary/aromatic N) is 1. The molecule has 0 radical (unpaired) electrons. The number of fused-ring (bicyclic) bond motifs is 2. The van der Waals surface area contributed by atoms with E-state index < -0.39 is 5.97 Å². The Labute approximate surface area is 162 Å². The van der Waals surface area contributed by atoms with Gasteiger partial charge in [-0.2, -0.15) is 0 Å². The average Bonchev–Trinajstić information content (AvgIpc) is 3.50. The predicted molar refractivity (Wildman–Crippen MR) is 99.3 cm³/mol. The van der Waals surface area contributed by atoms with Gasteiger partial charge >= 0.3 is 5.97 Å². The van der Waals surface area contributed by atoms with E-state index in [1.54, 1.807) is 30.1 Å². The van der Waals surface area contributed by atoms with Gasteiger partial charge < -0.3 is 24.8 Å². The molecule has 150 valence electrons. The van der Waals surface area contributed by atoms with Crippen LogP contribution in [0.5, 0.6) is 5.75 Å². The Morgan fingerprint density at radius 2 is 2.04 bits per heavy atom. The van der Waals surface area contributed by atoms with Crippen LogP contribution in [-0.4, -0.2) is 59.7 Å². The Kier molecular flexibility index (Phi) is 4.97. The summed E-state index contributed by atoms with van der Waals surface area (Å²) in [6, 6.07) is 4.88. The van der Waals surface area contributed by atoms with Gasteiger partial charge in [0.2, 0.25) is 5.91 Å². The molecule has 8 heteroatoms. The molecule has 2 fully saturated rings. The molecule has 0 unspecified atom stereocenters. The number of benzene rings is 1. The van der Waals surface area contributed by atoms with Gasteiger partial charge in [-0.15, -0.1) is 0 Å². The van der Waals surface area contributed by atoms with Gasteiger partial charge in [-0.1, -0.05) is 0 Å². The second kappa shape index (κ2) is 7.43. The predicted octanol–water partition coefficient (Wildman–Crippen LogP) is 1.89. The number of hydrogen-bond donors (Lipinski definition) is 2. The van der Waals surface area contributed by atoms with Crippen molar-refractivity contribution in [3.05, 3.63) is 23.8 Å². The number of carboxylic acids is 1. The maximum Gasteiger partial charge on any atom is 0.305 e. The van der Waals surface area contributed by atoms with Crippen LogP contribution in [0.15, 0.2) is 18.2 Å². The highest BCUT2D eigenvalue weighted by atomic mass is 16.5. The van der Waals surface area contributed by atoms with Crippen molar-refractivity contribution in [1.82, 2.24) is 4.90 Å². The zero-order valence-corrected chi connectivity index (χ0v) is 15.7. The summed E-state index contributed by atoms with van der Waals surface area (Å²) < 4.78 is 11.8. The third kappa shape index (κ3) is 3.82. The van der Waals surface area contributed by atoms with Crippen LogP contribution in [0, 0.1) is 5.92 Å². The smallest absolute Gasteiger partial charge is 0.305 e. The second-order valence-corrected chi connectivity index (χ2v) is 7.74. The van der Waals surface area contributed by atoms with E-state index in [1.165, 1.54) is 0 Å². The zero-order valence-electron chi connectivity index (χ0n) is 15.7. The zero-order chi connectivity index (χ0) is 19.8. The van der Waals surface area contributed by atoms with Gasteiger partial charge in [-0.05, 0) is 43.9 Å². The summed E-state index contributed by atoms with van der Waals surface area (Å²) >= 11 is 0. The van der Waals surface area contributed by atoms with Crippen molar-refractivity contribution < 1.29 is 29.0 Å². The van der Waals surface area contributed by atoms with Gasteiger partial charge in [-0.25, -0.2) is 0 Å². The van der Waals surface area contributed by atoms with Crippen LogP contribution in [-0.2, 0) is 14.3 Å². The number of ether oxygens (including phenoxy) is 2. The SMILES string of the molecule is CN1C(=O)c2cc(NC(=O)C3CC3)ccc2OC[C@@H]2O[C@@H](CC(=O)O)CC[C@H]21. The standard InChI is InChI=1S/C20H24N2O6/c1-22-15-6-5-13(9-18(23)24)28-17(15)10-27-16-7-4-12(8-14(16)20(22)26)21-19(25)11-2-3-11/h4,7-8,11,13,15,17H,2-3,5-6,9-10H2,1H3,(H,21,25)(H,23,24)/t13-,15-,17+/m1/s1. The van der Waals surface area contributed by atoms with Crippen LogP contribution in [0.3, 0.4) is 0 Å². The van der Waals surface area contributed by atoms with E-state index >= 15 is 0 Å². The van der Waals surface area contributed by atoms with Crippen molar-refractivity contribution in [3.63, 3.8) is 0 Å². The van der Waals surface area contributed by atoms with E-state index in [0.29, 0.717) is 29.8 Å². The first-order chi connectivity index (χ1) is 13.4. The molecule has 2 aliphatic heterocycles. The molecule has 0 bridgehead atoms. The van der Waals surface area contributed by atoms with E-state index in [4.69, 9.17) is 14.6 Å². The molecule has 3 aliphatic rings. The summed E-state index contributed by atoms with van der Waals surface area (Å²) in [6.07, 6.45) is 2.25. The summed E-state index contributed by atoms with van der Waals surface area (Å²) in [5.41, 5.74) is 0.988. The first-order valence-corrected chi connectivity index (χ1v) is 9.64. The van der Waals surface area contributed by atoms with E-state index in [1.807, 2.05) is 0 Å². The van der Waals surface area contributed by atoms with Gasteiger partial charge in [0.05, 0.1) is 24.1 Å². The normalized spacial score (nSPS) is 27.0. The van der Waals surface area contributed by atoms with E-state index in [0.717, 1.165) is 12.8 Å². The third-order valence-electron chi connectivity index (χ3n) is 5.63. The number of aliphatic carboxylic acids is 1. The third-order valence-corrected chi connectivity index (χ3v) is 5.63. The molecular formula is C20H24N2O6. The fourth-order valence-corrected chi connectivity index (χ4v) is 3.89. The number of likely N-dealkylation sites (N-methyl/N-ethyl adjacent to an activating group) is 1. The molecule has 4 rings (SSSR count). The number of anilines is 1. The van der Waals surface area contributed by atoms with Gasteiger partial charge in [0, 0.05) is 18.7 Å². The molecule has 1 saturated carbocycles. The monoisotopic (exact) mass is 388 g/mol. The van der Waals surface area contributed by atoms with Gasteiger partial charge in [0.25, 0.3) is 5.91 Å². The van der Waals surface area contributed by atoms with Crippen molar-refractivity contribution >= 4 is 23.5 Å². The lowest BCUT2D eigenvalue weighted by atomic mass is 9.94. The van der Waals surface area contributed by atoms with Crippen molar-refractivity contribution in [2.75, 3.05) is 19.0 Å². The highest BCUT2D eigenvalue weighted by Crippen LogP contribution is 2.34. The first kappa shape index (κ1) is 18.7. The lowest BCUT2D eigenvalue weighted by molar-refractivity contribution is -0.148. The molecule has 1 saturated heterocycles. The largest absolute Gasteiger partial charge is 0.490 e. The Bertz CT molecular complexity index is 806. The van der Waals surface area contributed by atoms with Gasteiger partial charge in [0.1, 0.15) is 18.5 Å². The number of hydrogen-bond acceptors (Lipinski definition) is 5. The fourth-order valence-electron chi connectivity index (χ4n) is 3.89. The summed E-state index contributed by atoms with van der Waals surface area (Å²) in [6.45, 7) is 0.235. The molecule has 2 heterocycles. The number of rotatable bonds is 4. The maximum atomic E-state index is 13.1. The van der Waals surface area contributed by atoms with Crippen molar-refractivity contribution in [2.45, 2.75) is 50.4 Å². The molecule has 1 aromatic carbocycles. The Balaban J connectivity index is 1.53. The summed E-state index contributed by atoms with van der Waals surface area (Å²) in [5.74, 6) is -0.602. The van der Waals surface area contributed by atoms with Crippen molar-refractivity contribution in [3.8, 4) is 5.75 Å². The first-order valence-electron chi connectivity index (χ1n) is 9.64. The van der Waals surface area contributed by atoms with Crippen LogP contribution in [0.25, 0.3) is 0 Å². The van der Waals surface area contributed by atoms with Crippen LogP contribution in [0.4, 0.5) is 5.69 Å². The summed E-state index contributed by atoms with van der Waals surface area (Å²) in [5, 5.41) is 11.9. The molecule has 0 aromatic heterocycles. The van der Waals surface area contributed by atoms with Crippen molar-refractivity contribution in [1.29, 1.82) is 0 Å². The van der Waals surface area contributed by atoms with Crippen molar-refractivity contribution in [2.24, 2.45) is 5.92 Å². The molecular weight excluding hydrogens is 364 g/mol. The van der Waals surface area contributed by atoms with Gasteiger partial charge in [0.15, 0.2) is 0 Å². The quantitative estimate of drug-likeness (QED) is 0.816. The van der Waals surface area contributed by atoms with Crippen LogP contribution >= 0.6 is 0 Å². The number of carbonyl (C=O) groups excluding carboxylic acids is 2. The minimum atomic E-state index is -0.897. The highest BCUT2D eigenvalue weighted by Gasteiger charge is 2.39. The molecule has 1 aromatic rings. The second-order valence-electron chi connectivity index (χ2n) is 7.74. The molecule has 2 N–H and O–H groups in total. The van der Waals surface area contributed by atoms with Gasteiger partial charge in [-0.3, -0.25) is 14.4 Å². The fraction of sp³-hybridized carbons (Fsp3) is 0.550. The van der Waals surface area contributed by atoms with Crippen LogP contribution in [0.1, 0.15) is 42.5 Å². The molecule has 1 aliphatic carbocycles. The molecule has 3 atom stereocenters. The number of carboxylic acid groups (broad SMARTS) is 1. The summed E-state index contributed by atoms with van der Waals surface area (Å²) in [7, 11) is 1.73. The van der Waals surface area contributed by atoms with E-state index in [9.17, 15) is 14.4 Å². The average molecular weight is 388 g/mol.